The van der Waals surface area contributed by atoms with Gasteiger partial charge in [-0.05, 0) is 35.2 Å². The predicted octanol–water partition coefficient (Wildman–Crippen LogP) is 1.50. The fraction of sp³-hybridized carbons (Fsp3) is 0.385. The van der Waals surface area contributed by atoms with Crippen LogP contribution >= 0.6 is 11.3 Å². The summed E-state index contributed by atoms with van der Waals surface area (Å²) >= 11 is 1.70. The summed E-state index contributed by atoms with van der Waals surface area (Å²) in [5.74, 6) is 5.32. The van der Waals surface area contributed by atoms with Crippen molar-refractivity contribution in [1.29, 1.82) is 0 Å². The molecule has 7 heteroatoms. The maximum atomic E-state index is 11.3. The van der Waals surface area contributed by atoms with Crippen molar-refractivity contribution >= 4 is 17.2 Å². The number of nitrogen functional groups attached to an aromatic ring is 1. The van der Waals surface area contributed by atoms with Gasteiger partial charge in [0, 0.05) is 18.7 Å². The molecule has 0 aromatic carbocycles. The number of carbonyl (C=O) groups is 1. The minimum Gasteiger partial charge on any atom is -0.359 e. The molecule has 1 amide bonds. The molecule has 106 valence electrons. The zero-order chi connectivity index (χ0) is 13.9. The van der Waals surface area contributed by atoms with Gasteiger partial charge < -0.3 is 4.52 Å². The first-order valence-electron chi connectivity index (χ1n) is 6.48. The van der Waals surface area contributed by atoms with Crippen LogP contribution in [0.2, 0.25) is 0 Å². The molecule has 1 aliphatic rings. The molecule has 6 nitrogen and oxygen atoms in total. The normalized spacial score (nSPS) is 14.7. The smallest absolute Gasteiger partial charge is 0.287 e. The van der Waals surface area contributed by atoms with E-state index >= 15 is 0 Å². The SMILES string of the molecule is NNC(=O)c1cc(CN(Cc2ccsc2)C2CC2)on1. The van der Waals surface area contributed by atoms with E-state index in [0.29, 0.717) is 18.3 Å². The zero-order valence-electron chi connectivity index (χ0n) is 10.9. The standard InChI is InChI=1S/C13H16N4O2S/c14-15-13(18)12-5-11(19-16-12)7-17(10-1-2-10)6-9-3-4-20-8-9/h3-5,8,10H,1-2,6-7,14H2,(H,15,18). The molecule has 3 rings (SSSR count). The van der Waals surface area contributed by atoms with Gasteiger partial charge in [-0.15, -0.1) is 0 Å². The third kappa shape index (κ3) is 3.06. The molecule has 0 saturated heterocycles. The molecule has 20 heavy (non-hydrogen) atoms. The molecule has 1 fully saturated rings. The molecule has 1 aliphatic carbocycles. The van der Waals surface area contributed by atoms with Crippen molar-refractivity contribution in [1.82, 2.24) is 15.5 Å². The molecular formula is C13H16N4O2S. The number of nitrogens with two attached hydrogens (primary N) is 1. The van der Waals surface area contributed by atoms with Gasteiger partial charge in [0.25, 0.3) is 5.91 Å². The van der Waals surface area contributed by atoms with Crippen molar-refractivity contribution in [3.05, 3.63) is 39.9 Å². The Labute approximate surface area is 120 Å². The van der Waals surface area contributed by atoms with E-state index in [-0.39, 0.29) is 5.69 Å². The van der Waals surface area contributed by atoms with Crippen molar-refractivity contribution in [2.45, 2.75) is 32.0 Å². The average Bonchev–Trinajstić information content (AvgIpc) is 2.99. The van der Waals surface area contributed by atoms with E-state index in [2.05, 4.69) is 26.9 Å². The van der Waals surface area contributed by atoms with Gasteiger partial charge in [-0.25, -0.2) is 5.84 Å². The van der Waals surface area contributed by atoms with Crippen LogP contribution < -0.4 is 11.3 Å². The Morgan fingerprint density at radius 1 is 1.55 bits per heavy atom. The van der Waals surface area contributed by atoms with E-state index in [0.717, 1.165) is 6.54 Å². The molecule has 0 bridgehead atoms. The predicted molar refractivity (Wildman–Crippen MR) is 74.7 cm³/mol. The van der Waals surface area contributed by atoms with Gasteiger partial charge >= 0.3 is 0 Å². The third-order valence-electron chi connectivity index (χ3n) is 3.31. The largest absolute Gasteiger partial charge is 0.359 e. The number of nitrogens with zero attached hydrogens (tertiary/aromatic N) is 2. The molecule has 0 spiro atoms. The van der Waals surface area contributed by atoms with Gasteiger partial charge in [0.2, 0.25) is 0 Å². The molecule has 0 radical (unpaired) electrons. The second kappa shape index (κ2) is 5.74. The van der Waals surface area contributed by atoms with Crippen LogP contribution in [0.25, 0.3) is 0 Å². The molecule has 0 aliphatic heterocycles. The van der Waals surface area contributed by atoms with Crippen molar-refractivity contribution in [2.75, 3.05) is 0 Å². The summed E-state index contributed by atoms with van der Waals surface area (Å²) < 4.78 is 5.21. The maximum absolute atomic E-state index is 11.3. The summed E-state index contributed by atoms with van der Waals surface area (Å²) in [6.07, 6.45) is 2.43. The first kappa shape index (κ1) is 13.3. The summed E-state index contributed by atoms with van der Waals surface area (Å²) in [5, 5.41) is 7.96. The van der Waals surface area contributed by atoms with Crippen LogP contribution in [0.3, 0.4) is 0 Å². The number of hydrazine groups is 1. The minimum atomic E-state index is -0.434. The van der Waals surface area contributed by atoms with Crippen LogP contribution in [-0.2, 0) is 13.1 Å². The lowest BCUT2D eigenvalue weighted by molar-refractivity contribution is 0.0944. The van der Waals surface area contributed by atoms with Crippen molar-refractivity contribution in [2.24, 2.45) is 5.84 Å². The monoisotopic (exact) mass is 292 g/mol. The van der Waals surface area contributed by atoms with E-state index in [9.17, 15) is 4.79 Å². The molecule has 0 atom stereocenters. The van der Waals surface area contributed by atoms with E-state index in [1.54, 1.807) is 17.4 Å². The number of rotatable bonds is 6. The Balaban J connectivity index is 1.67. The van der Waals surface area contributed by atoms with E-state index in [4.69, 9.17) is 10.4 Å². The zero-order valence-corrected chi connectivity index (χ0v) is 11.7. The Morgan fingerprint density at radius 2 is 2.40 bits per heavy atom. The molecule has 0 unspecified atom stereocenters. The fourth-order valence-electron chi connectivity index (χ4n) is 2.14. The lowest BCUT2D eigenvalue weighted by Crippen LogP contribution is -2.30. The summed E-state index contributed by atoms with van der Waals surface area (Å²) in [7, 11) is 0. The molecule has 3 N–H and O–H groups in total. The highest BCUT2D eigenvalue weighted by Crippen LogP contribution is 2.30. The van der Waals surface area contributed by atoms with Crippen LogP contribution in [0.5, 0.6) is 0 Å². The maximum Gasteiger partial charge on any atom is 0.287 e. The highest BCUT2D eigenvalue weighted by molar-refractivity contribution is 7.07. The highest BCUT2D eigenvalue weighted by Gasteiger charge is 2.30. The topological polar surface area (TPSA) is 84.4 Å². The molecule has 1 saturated carbocycles. The Hall–Kier alpha value is -1.70. The lowest BCUT2D eigenvalue weighted by Gasteiger charge is -2.19. The number of carbonyl (C=O) groups excluding carboxylic acids is 1. The van der Waals surface area contributed by atoms with Crippen LogP contribution in [0, 0.1) is 0 Å². The van der Waals surface area contributed by atoms with Gasteiger partial charge in [0.05, 0.1) is 6.54 Å². The van der Waals surface area contributed by atoms with Crippen LogP contribution in [0.15, 0.2) is 27.4 Å². The number of aromatic nitrogens is 1. The highest BCUT2D eigenvalue weighted by atomic mass is 32.1. The summed E-state index contributed by atoms with van der Waals surface area (Å²) in [6, 6.07) is 4.38. The number of nitrogens with one attached hydrogen (secondary N) is 1. The van der Waals surface area contributed by atoms with Crippen molar-refractivity contribution < 1.29 is 9.32 Å². The van der Waals surface area contributed by atoms with E-state index < -0.39 is 5.91 Å². The van der Waals surface area contributed by atoms with Crippen LogP contribution in [0.1, 0.15) is 34.7 Å². The van der Waals surface area contributed by atoms with Gasteiger partial charge in [-0.1, -0.05) is 5.16 Å². The quantitative estimate of drug-likeness (QED) is 0.479. The first-order chi connectivity index (χ1) is 9.76. The van der Waals surface area contributed by atoms with Gasteiger partial charge in [-0.2, -0.15) is 11.3 Å². The third-order valence-corrected chi connectivity index (χ3v) is 4.04. The van der Waals surface area contributed by atoms with Crippen LogP contribution in [-0.4, -0.2) is 22.0 Å². The van der Waals surface area contributed by atoms with Gasteiger partial charge in [0.15, 0.2) is 11.5 Å². The van der Waals surface area contributed by atoms with Gasteiger partial charge in [-0.3, -0.25) is 15.1 Å². The first-order valence-corrected chi connectivity index (χ1v) is 7.42. The molecular weight excluding hydrogens is 276 g/mol. The van der Waals surface area contributed by atoms with E-state index in [1.807, 2.05) is 5.43 Å². The Kier molecular flexibility index (Phi) is 3.81. The molecule has 2 heterocycles. The van der Waals surface area contributed by atoms with Crippen molar-refractivity contribution in [3.63, 3.8) is 0 Å². The van der Waals surface area contributed by atoms with Gasteiger partial charge in [0.1, 0.15) is 0 Å². The number of thiophene rings is 1. The summed E-state index contributed by atoms with van der Waals surface area (Å²) in [4.78, 5) is 13.7. The van der Waals surface area contributed by atoms with E-state index in [1.165, 1.54) is 18.4 Å². The number of amides is 1. The summed E-state index contributed by atoms with van der Waals surface area (Å²) in [6.45, 7) is 1.55. The molecule has 2 aromatic heterocycles. The van der Waals surface area contributed by atoms with Crippen LogP contribution in [0.4, 0.5) is 0 Å². The second-order valence-electron chi connectivity index (χ2n) is 4.92. The number of hydrogen-bond donors (Lipinski definition) is 2. The second-order valence-corrected chi connectivity index (χ2v) is 5.70. The lowest BCUT2D eigenvalue weighted by atomic mass is 10.2. The minimum absolute atomic E-state index is 0.216. The molecule has 2 aromatic rings. The average molecular weight is 292 g/mol. The summed E-state index contributed by atoms with van der Waals surface area (Å²) in [5.41, 5.74) is 3.57. The fourth-order valence-corrected chi connectivity index (χ4v) is 2.80. The van der Waals surface area contributed by atoms with Crippen molar-refractivity contribution in [3.8, 4) is 0 Å². The Bertz CT molecular complexity index is 577. The number of hydrogen-bond acceptors (Lipinski definition) is 6. The Morgan fingerprint density at radius 3 is 3.05 bits per heavy atom.